The average Bonchev–Trinajstić information content (AvgIpc) is 2.87. The summed E-state index contributed by atoms with van der Waals surface area (Å²) in [7, 11) is 1.32. The number of hydrogen-bond donors (Lipinski definition) is 1. The predicted molar refractivity (Wildman–Crippen MR) is 67.5 cm³/mol. The van der Waals surface area contributed by atoms with Crippen LogP contribution in [0.15, 0.2) is 23.8 Å². The summed E-state index contributed by atoms with van der Waals surface area (Å²) < 4.78 is 4.78. The van der Waals surface area contributed by atoms with Crippen LogP contribution in [0.3, 0.4) is 0 Å². The molecule has 3 nitrogen and oxygen atoms in total. The highest BCUT2D eigenvalue weighted by atomic mass is 16.5. The molecule has 0 amide bonds. The van der Waals surface area contributed by atoms with Crippen molar-refractivity contribution in [3.63, 3.8) is 0 Å². The lowest BCUT2D eigenvalue weighted by Gasteiger charge is -2.32. The zero-order valence-electron chi connectivity index (χ0n) is 10.9. The number of aliphatic hydroxyl groups is 1. The van der Waals surface area contributed by atoms with Crippen molar-refractivity contribution in [2.75, 3.05) is 7.11 Å². The van der Waals surface area contributed by atoms with E-state index in [1.54, 1.807) is 13.0 Å². The summed E-state index contributed by atoms with van der Waals surface area (Å²) in [4.78, 5) is 11.9. The van der Waals surface area contributed by atoms with Crippen LogP contribution in [0.5, 0.6) is 0 Å². The molecule has 1 aliphatic rings. The number of carbonyl (C=O) groups is 1. The molecule has 96 valence electrons. The van der Waals surface area contributed by atoms with Gasteiger partial charge in [-0.15, -0.1) is 0 Å². The van der Waals surface area contributed by atoms with E-state index in [0.717, 1.165) is 25.7 Å². The molecule has 1 aliphatic carbocycles. The van der Waals surface area contributed by atoms with Gasteiger partial charge in [0.1, 0.15) is 0 Å². The van der Waals surface area contributed by atoms with Crippen LogP contribution in [0, 0.1) is 5.92 Å². The van der Waals surface area contributed by atoms with Crippen LogP contribution in [0.1, 0.15) is 39.5 Å². The number of allylic oxidation sites excluding steroid dienone is 3. The first kappa shape index (κ1) is 14.0. The quantitative estimate of drug-likeness (QED) is 0.605. The number of carbonyl (C=O) groups excluding carboxylic acids is 1. The first-order valence-corrected chi connectivity index (χ1v) is 6.18. The van der Waals surface area contributed by atoms with Gasteiger partial charge in [0.25, 0.3) is 0 Å². The third-order valence-corrected chi connectivity index (χ3v) is 3.58. The lowest BCUT2D eigenvalue weighted by Crippen LogP contribution is -2.47. The molecule has 0 aliphatic heterocycles. The maximum absolute atomic E-state index is 11.9. The monoisotopic (exact) mass is 238 g/mol. The molecule has 3 heteroatoms. The fourth-order valence-electron chi connectivity index (χ4n) is 2.52. The topological polar surface area (TPSA) is 46.5 Å². The van der Waals surface area contributed by atoms with E-state index in [4.69, 9.17) is 4.74 Å². The van der Waals surface area contributed by atoms with Gasteiger partial charge in [-0.2, -0.15) is 0 Å². The third kappa shape index (κ3) is 2.78. The highest BCUT2D eigenvalue weighted by Crippen LogP contribution is 2.39. The van der Waals surface area contributed by atoms with E-state index in [9.17, 15) is 9.90 Å². The smallest absolute Gasteiger partial charge is 0.342 e. The lowest BCUT2D eigenvalue weighted by atomic mass is 9.80. The molecule has 1 fully saturated rings. The molecular weight excluding hydrogens is 216 g/mol. The summed E-state index contributed by atoms with van der Waals surface area (Å²) in [5.74, 6) is -0.556. The molecule has 0 saturated heterocycles. The van der Waals surface area contributed by atoms with E-state index < -0.39 is 11.6 Å². The summed E-state index contributed by atoms with van der Waals surface area (Å²) in [6, 6.07) is 0. The van der Waals surface area contributed by atoms with Gasteiger partial charge in [0.15, 0.2) is 5.60 Å². The van der Waals surface area contributed by atoms with Crippen molar-refractivity contribution in [1.82, 2.24) is 0 Å². The Balaban J connectivity index is 3.04. The van der Waals surface area contributed by atoms with Gasteiger partial charge >= 0.3 is 5.97 Å². The fraction of sp³-hybridized carbons (Fsp3) is 0.643. The Labute approximate surface area is 103 Å². The van der Waals surface area contributed by atoms with Gasteiger partial charge in [0, 0.05) is 5.92 Å². The van der Waals surface area contributed by atoms with Crippen molar-refractivity contribution < 1.29 is 14.6 Å². The second-order valence-corrected chi connectivity index (χ2v) is 4.61. The van der Waals surface area contributed by atoms with Gasteiger partial charge in [-0.3, -0.25) is 0 Å². The van der Waals surface area contributed by atoms with E-state index in [2.05, 4.69) is 0 Å². The summed E-state index contributed by atoms with van der Waals surface area (Å²) in [5, 5.41) is 10.7. The first-order chi connectivity index (χ1) is 8.07. The molecule has 0 heterocycles. The van der Waals surface area contributed by atoms with Crippen LogP contribution in [0.4, 0.5) is 0 Å². The Kier molecular flexibility index (Phi) is 4.94. The second-order valence-electron chi connectivity index (χ2n) is 4.61. The van der Waals surface area contributed by atoms with Crippen molar-refractivity contribution >= 4 is 5.97 Å². The second kappa shape index (κ2) is 6.01. The van der Waals surface area contributed by atoms with E-state index in [1.807, 2.05) is 19.1 Å². The highest BCUT2D eigenvalue weighted by Gasteiger charge is 2.47. The predicted octanol–water partition coefficient (Wildman–Crippen LogP) is 2.60. The van der Waals surface area contributed by atoms with Gasteiger partial charge in [0.2, 0.25) is 0 Å². The molecule has 1 atom stereocenters. The third-order valence-electron chi connectivity index (χ3n) is 3.58. The molecule has 1 N–H and O–H groups in total. The zero-order valence-corrected chi connectivity index (χ0v) is 10.9. The zero-order chi connectivity index (χ0) is 12.9. The fourth-order valence-corrected chi connectivity index (χ4v) is 2.52. The SMILES string of the molecule is C/C=C\C=C(/C)[C@@](O)(C(=O)OC)C1CCCC1. The van der Waals surface area contributed by atoms with Crippen LogP contribution < -0.4 is 0 Å². The average molecular weight is 238 g/mol. The number of esters is 1. The van der Waals surface area contributed by atoms with Gasteiger partial charge in [-0.1, -0.05) is 31.1 Å². The molecule has 0 aromatic carbocycles. The van der Waals surface area contributed by atoms with Crippen LogP contribution in [-0.2, 0) is 9.53 Å². The van der Waals surface area contributed by atoms with Crippen LogP contribution in [0.2, 0.25) is 0 Å². The Hall–Kier alpha value is -1.09. The van der Waals surface area contributed by atoms with Gasteiger partial charge in [0.05, 0.1) is 7.11 Å². The van der Waals surface area contributed by atoms with Crippen molar-refractivity contribution in [3.8, 4) is 0 Å². The van der Waals surface area contributed by atoms with Gasteiger partial charge < -0.3 is 9.84 Å². The highest BCUT2D eigenvalue weighted by molar-refractivity contribution is 5.83. The minimum Gasteiger partial charge on any atom is -0.467 e. The van der Waals surface area contributed by atoms with E-state index in [1.165, 1.54) is 7.11 Å². The minimum atomic E-state index is -1.45. The molecule has 0 aromatic rings. The van der Waals surface area contributed by atoms with Gasteiger partial charge in [-0.05, 0) is 32.3 Å². The summed E-state index contributed by atoms with van der Waals surface area (Å²) in [6.45, 7) is 3.69. The molecule has 0 radical (unpaired) electrons. The maximum Gasteiger partial charge on any atom is 0.342 e. The summed E-state index contributed by atoms with van der Waals surface area (Å²) >= 11 is 0. The summed E-state index contributed by atoms with van der Waals surface area (Å²) in [5.41, 5.74) is -0.792. The maximum atomic E-state index is 11.9. The molecule has 1 saturated carbocycles. The Bertz CT molecular complexity index is 324. The van der Waals surface area contributed by atoms with E-state index in [0.29, 0.717) is 5.57 Å². The minimum absolute atomic E-state index is 0.0172. The Morgan fingerprint density at radius 3 is 2.47 bits per heavy atom. The van der Waals surface area contributed by atoms with E-state index in [-0.39, 0.29) is 5.92 Å². The number of hydrogen-bond acceptors (Lipinski definition) is 3. The molecule has 0 unspecified atom stereocenters. The van der Waals surface area contributed by atoms with Gasteiger partial charge in [-0.25, -0.2) is 4.79 Å². The van der Waals surface area contributed by atoms with E-state index >= 15 is 0 Å². The van der Waals surface area contributed by atoms with Crippen molar-refractivity contribution in [3.05, 3.63) is 23.8 Å². The summed E-state index contributed by atoms with van der Waals surface area (Å²) in [6.07, 6.45) is 9.39. The van der Waals surface area contributed by atoms with Crippen molar-refractivity contribution in [1.29, 1.82) is 0 Å². The van der Waals surface area contributed by atoms with Crippen molar-refractivity contribution in [2.45, 2.75) is 45.1 Å². The normalized spacial score (nSPS) is 21.8. The van der Waals surface area contributed by atoms with Crippen LogP contribution >= 0.6 is 0 Å². The first-order valence-electron chi connectivity index (χ1n) is 6.18. The van der Waals surface area contributed by atoms with Crippen LogP contribution in [-0.4, -0.2) is 23.8 Å². The number of methoxy groups -OCH3 is 1. The standard InChI is InChI=1S/C14H22O3/c1-4-5-8-11(2)14(16,13(15)17-3)12-9-6-7-10-12/h4-5,8,12,16H,6-7,9-10H2,1-3H3/b5-4-,11-8+/t14-/m0/s1. The molecule has 1 rings (SSSR count). The Morgan fingerprint density at radius 1 is 1.41 bits per heavy atom. The molecule has 0 bridgehead atoms. The molecule has 17 heavy (non-hydrogen) atoms. The number of ether oxygens (including phenoxy) is 1. The molecular formula is C14H22O3. The van der Waals surface area contributed by atoms with Crippen molar-refractivity contribution in [2.24, 2.45) is 5.92 Å². The van der Waals surface area contributed by atoms with Crippen LogP contribution in [0.25, 0.3) is 0 Å². The molecule has 0 aromatic heterocycles. The largest absolute Gasteiger partial charge is 0.467 e. The number of rotatable bonds is 4. The molecule has 0 spiro atoms. The Morgan fingerprint density at radius 2 is 2.00 bits per heavy atom. The lowest BCUT2D eigenvalue weighted by molar-refractivity contribution is -0.163.